The van der Waals surface area contributed by atoms with Crippen molar-refractivity contribution in [1.29, 1.82) is 0 Å². The summed E-state index contributed by atoms with van der Waals surface area (Å²) in [5, 5.41) is 87.0. The van der Waals surface area contributed by atoms with Crippen LogP contribution >= 0.6 is 0 Å². The fourth-order valence-corrected chi connectivity index (χ4v) is 11.1. The molecule has 0 spiro atoms. The van der Waals surface area contributed by atoms with Crippen LogP contribution in [0.5, 0.6) is 0 Å². The Kier molecular flexibility index (Phi) is 47.4. The molecule has 466 valence electrons. The van der Waals surface area contributed by atoms with E-state index in [-0.39, 0.29) is 12.5 Å². The van der Waals surface area contributed by atoms with Crippen molar-refractivity contribution in [3.8, 4) is 0 Å². The molecule has 9 N–H and O–H groups in total. The number of carbonyl (C=O) groups is 1. The smallest absolute Gasteiger partial charge is 0.220 e. The average molecular weight is 1130 g/mol. The van der Waals surface area contributed by atoms with Gasteiger partial charge in [-0.15, -0.1) is 0 Å². The Bertz CT molecular complexity index is 1420. The summed E-state index contributed by atoms with van der Waals surface area (Å²) in [5.74, 6) is -0.205. The summed E-state index contributed by atoms with van der Waals surface area (Å²) in [6.07, 6.45) is 45.4. The number of hydrogen-bond donors (Lipinski definition) is 9. The van der Waals surface area contributed by atoms with Crippen LogP contribution in [0.25, 0.3) is 0 Å². The number of amides is 1. The number of rotatable bonds is 54. The zero-order valence-corrected chi connectivity index (χ0v) is 50.4. The van der Waals surface area contributed by atoms with E-state index >= 15 is 0 Å². The first-order valence-corrected chi connectivity index (χ1v) is 33.1. The summed E-state index contributed by atoms with van der Waals surface area (Å²) in [4.78, 5) is 13.2. The standard InChI is InChI=1S/C65H123NO13/c1-3-5-7-9-11-13-14-15-16-17-18-19-20-21-22-23-24-25-26-27-28-29-30-31-32-33-34-35-36-37-38-39-40-41-43-45-47-49-57(70)66-53(54(69)48-46-44-42-12-10-8-6-4-2)52-76-64-62(75)60(73)63(56(51-68)78-64)79-65-61(74)59(72)58(71)55(50-67)77-65/h14-15,17-18,53-56,58-65,67-69,71-75H,3-13,16,19-52H2,1-2H3,(H,66,70)/b15-14-,18-17-. The van der Waals surface area contributed by atoms with Gasteiger partial charge in [-0.05, 0) is 44.9 Å². The fourth-order valence-electron chi connectivity index (χ4n) is 11.1. The van der Waals surface area contributed by atoms with E-state index in [2.05, 4.69) is 43.5 Å². The molecule has 14 heteroatoms. The highest BCUT2D eigenvalue weighted by Gasteiger charge is 2.51. The lowest BCUT2D eigenvalue weighted by Crippen LogP contribution is -2.65. The van der Waals surface area contributed by atoms with Crippen LogP contribution in [0.2, 0.25) is 0 Å². The number of unbranched alkanes of at least 4 members (excludes halogenated alkanes) is 37. The van der Waals surface area contributed by atoms with Gasteiger partial charge in [0.1, 0.15) is 48.8 Å². The maximum Gasteiger partial charge on any atom is 0.220 e. The van der Waals surface area contributed by atoms with Gasteiger partial charge in [0.2, 0.25) is 5.91 Å². The van der Waals surface area contributed by atoms with Gasteiger partial charge in [-0.2, -0.15) is 0 Å². The van der Waals surface area contributed by atoms with Crippen molar-refractivity contribution < 1.29 is 64.6 Å². The monoisotopic (exact) mass is 1130 g/mol. The Morgan fingerprint density at radius 1 is 0.456 bits per heavy atom. The number of allylic oxidation sites excluding steroid dienone is 4. The number of nitrogens with one attached hydrogen (secondary N) is 1. The van der Waals surface area contributed by atoms with Crippen molar-refractivity contribution in [3.63, 3.8) is 0 Å². The van der Waals surface area contributed by atoms with Crippen LogP contribution in [-0.2, 0) is 23.7 Å². The molecule has 0 aromatic rings. The summed E-state index contributed by atoms with van der Waals surface area (Å²) in [6, 6.07) is -0.823. The molecule has 0 radical (unpaired) electrons. The zero-order valence-electron chi connectivity index (χ0n) is 50.4. The molecule has 0 saturated carbocycles. The van der Waals surface area contributed by atoms with Gasteiger partial charge in [-0.1, -0.05) is 263 Å². The molecule has 0 aromatic heterocycles. The second-order valence-electron chi connectivity index (χ2n) is 23.6. The van der Waals surface area contributed by atoms with Crippen LogP contribution in [0.1, 0.15) is 290 Å². The molecule has 0 aliphatic carbocycles. The highest BCUT2D eigenvalue weighted by Crippen LogP contribution is 2.30. The third-order valence-electron chi connectivity index (χ3n) is 16.4. The number of carbonyl (C=O) groups excluding carboxylic acids is 1. The molecule has 12 atom stereocenters. The van der Waals surface area contributed by atoms with Crippen molar-refractivity contribution in [2.24, 2.45) is 0 Å². The second-order valence-corrected chi connectivity index (χ2v) is 23.6. The molecule has 2 heterocycles. The van der Waals surface area contributed by atoms with Crippen LogP contribution in [0.15, 0.2) is 24.3 Å². The lowest BCUT2D eigenvalue weighted by molar-refractivity contribution is -0.359. The van der Waals surface area contributed by atoms with Gasteiger partial charge in [-0.25, -0.2) is 0 Å². The highest BCUT2D eigenvalue weighted by molar-refractivity contribution is 5.76. The number of hydrogen-bond acceptors (Lipinski definition) is 13. The summed E-state index contributed by atoms with van der Waals surface area (Å²) >= 11 is 0. The first-order chi connectivity index (χ1) is 38.6. The predicted molar refractivity (Wildman–Crippen MR) is 318 cm³/mol. The van der Waals surface area contributed by atoms with E-state index in [1.807, 2.05) is 0 Å². The molecule has 0 bridgehead atoms. The number of ether oxygens (including phenoxy) is 4. The van der Waals surface area contributed by atoms with E-state index in [4.69, 9.17) is 18.9 Å². The van der Waals surface area contributed by atoms with Crippen molar-refractivity contribution in [2.75, 3.05) is 19.8 Å². The van der Waals surface area contributed by atoms with Crippen LogP contribution in [-0.4, -0.2) is 140 Å². The van der Waals surface area contributed by atoms with Crippen LogP contribution < -0.4 is 5.32 Å². The van der Waals surface area contributed by atoms with E-state index in [1.165, 1.54) is 205 Å². The molecule has 2 rings (SSSR count). The Labute approximate surface area is 481 Å². The number of aliphatic hydroxyl groups excluding tert-OH is 8. The second kappa shape index (κ2) is 50.9. The molecule has 2 fully saturated rings. The van der Waals surface area contributed by atoms with Crippen LogP contribution in [0, 0.1) is 0 Å². The minimum atomic E-state index is -1.78. The molecule has 79 heavy (non-hydrogen) atoms. The van der Waals surface area contributed by atoms with Crippen LogP contribution in [0.3, 0.4) is 0 Å². The summed E-state index contributed by atoms with van der Waals surface area (Å²) in [7, 11) is 0. The minimum Gasteiger partial charge on any atom is -0.394 e. The van der Waals surface area contributed by atoms with Gasteiger partial charge >= 0.3 is 0 Å². The third-order valence-corrected chi connectivity index (χ3v) is 16.4. The molecular weight excluding hydrogens is 1000 g/mol. The molecule has 14 nitrogen and oxygen atoms in total. The number of aliphatic hydroxyl groups is 8. The topological polar surface area (TPSA) is 228 Å². The average Bonchev–Trinajstić information content (AvgIpc) is 3.47. The zero-order chi connectivity index (χ0) is 57.4. The lowest BCUT2D eigenvalue weighted by Gasteiger charge is -2.46. The first kappa shape index (κ1) is 73.6. The molecule has 2 aliphatic rings. The van der Waals surface area contributed by atoms with Gasteiger partial charge in [0.05, 0.1) is 32.0 Å². The fraction of sp³-hybridized carbons (Fsp3) is 0.923. The Hall–Kier alpha value is -1.53. The Morgan fingerprint density at radius 3 is 1.27 bits per heavy atom. The van der Waals surface area contributed by atoms with E-state index < -0.39 is 86.8 Å². The minimum absolute atomic E-state index is 0.205. The third kappa shape index (κ3) is 36.0. The Balaban J connectivity index is 1.51. The largest absolute Gasteiger partial charge is 0.394 e. The van der Waals surface area contributed by atoms with E-state index in [0.29, 0.717) is 12.8 Å². The van der Waals surface area contributed by atoms with Crippen molar-refractivity contribution in [2.45, 2.75) is 364 Å². The quantitative estimate of drug-likeness (QED) is 0.0204. The normalized spacial score (nSPS) is 24.5. The Morgan fingerprint density at radius 2 is 0.835 bits per heavy atom. The lowest BCUT2D eigenvalue weighted by atomic mass is 9.97. The SMILES string of the molecule is CCCCCCC/C=C\C/C=C\CCCCCCCCCCCCCCCCCCCCCCCCCCCC(=O)NC(COC1OC(CO)C(OC2OC(CO)C(O)C(O)C2O)C(O)C1O)C(O)CCCCCCCCCC. The van der Waals surface area contributed by atoms with Gasteiger partial charge in [0.25, 0.3) is 0 Å². The molecule has 1 amide bonds. The maximum atomic E-state index is 13.2. The first-order valence-electron chi connectivity index (χ1n) is 33.1. The van der Waals surface area contributed by atoms with Gasteiger partial charge in [-0.3, -0.25) is 4.79 Å². The predicted octanol–water partition coefficient (Wildman–Crippen LogP) is 12.4. The molecule has 2 aliphatic heterocycles. The van der Waals surface area contributed by atoms with Gasteiger partial charge in [0, 0.05) is 6.42 Å². The summed E-state index contributed by atoms with van der Waals surface area (Å²) in [6.45, 7) is 2.83. The molecule has 2 saturated heterocycles. The molecule has 0 aromatic carbocycles. The van der Waals surface area contributed by atoms with Crippen LogP contribution in [0.4, 0.5) is 0 Å². The molecule has 12 unspecified atom stereocenters. The summed E-state index contributed by atoms with van der Waals surface area (Å²) in [5.41, 5.74) is 0. The van der Waals surface area contributed by atoms with E-state index in [1.54, 1.807) is 0 Å². The summed E-state index contributed by atoms with van der Waals surface area (Å²) < 4.78 is 22.8. The van der Waals surface area contributed by atoms with Gasteiger partial charge in [0.15, 0.2) is 12.6 Å². The maximum absolute atomic E-state index is 13.2. The van der Waals surface area contributed by atoms with Crippen molar-refractivity contribution in [1.82, 2.24) is 5.32 Å². The van der Waals surface area contributed by atoms with Crippen molar-refractivity contribution >= 4 is 5.91 Å². The highest BCUT2D eigenvalue weighted by atomic mass is 16.7. The van der Waals surface area contributed by atoms with Crippen molar-refractivity contribution in [3.05, 3.63) is 24.3 Å². The van der Waals surface area contributed by atoms with Gasteiger partial charge < -0.3 is 65.1 Å². The molecular formula is C65H123NO13. The van der Waals surface area contributed by atoms with E-state index in [9.17, 15) is 45.6 Å². The van der Waals surface area contributed by atoms with E-state index in [0.717, 1.165) is 57.8 Å².